The van der Waals surface area contributed by atoms with E-state index in [1.807, 2.05) is 36.4 Å². The molecule has 0 aliphatic heterocycles. The van der Waals surface area contributed by atoms with Crippen LogP contribution < -0.4 is 10.5 Å². The summed E-state index contributed by atoms with van der Waals surface area (Å²) in [5.74, 6) is 1.44. The number of anilines is 1. The lowest BCUT2D eigenvalue weighted by molar-refractivity contribution is 0.344. The zero-order chi connectivity index (χ0) is 13.7. The van der Waals surface area contributed by atoms with Gasteiger partial charge >= 0.3 is 0 Å². The van der Waals surface area contributed by atoms with E-state index >= 15 is 0 Å². The zero-order valence-electron chi connectivity index (χ0n) is 10.1. The van der Waals surface area contributed by atoms with Crippen LogP contribution in [-0.2, 0) is 0 Å². The second kappa shape index (κ2) is 6.94. The SMILES string of the molecule is Nc1cccc(Cl)c1SCCOc1ccccc1Cl. The minimum Gasteiger partial charge on any atom is -0.491 e. The number of halogens is 2. The first-order valence-electron chi connectivity index (χ1n) is 5.72. The van der Waals surface area contributed by atoms with Crippen LogP contribution in [0.5, 0.6) is 5.75 Å². The van der Waals surface area contributed by atoms with Crippen molar-refractivity contribution in [3.63, 3.8) is 0 Å². The van der Waals surface area contributed by atoms with E-state index in [9.17, 15) is 0 Å². The Morgan fingerprint density at radius 3 is 2.47 bits per heavy atom. The highest BCUT2D eigenvalue weighted by molar-refractivity contribution is 7.99. The van der Waals surface area contributed by atoms with E-state index in [1.165, 1.54) is 0 Å². The van der Waals surface area contributed by atoms with Crippen LogP contribution in [-0.4, -0.2) is 12.4 Å². The molecule has 19 heavy (non-hydrogen) atoms. The molecule has 0 radical (unpaired) electrons. The molecule has 0 amide bonds. The number of benzene rings is 2. The number of nitrogen functional groups attached to an aromatic ring is 1. The van der Waals surface area contributed by atoms with Crippen molar-refractivity contribution in [2.45, 2.75) is 4.90 Å². The van der Waals surface area contributed by atoms with Crippen molar-refractivity contribution in [3.05, 3.63) is 52.5 Å². The van der Waals surface area contributed by atoms with Crippen LogP contribution in [0.1, 0.15) is 0 Å². The molecule has 2 rings (SSSR count). The van der Waals surface area contributed by atoms with Gasteiger partial charge in [0.25, 0.3) is 0 Å². The fourth-order valence-electron chi connectivity index (χ4n) is 1.53. The van der Waals surface area contributed by atoms with Crippen LogP contribution in [0.25, 0.3) is 0 Å². The molecule has 0 aromatic heterocycles. The molecule has 0 spiro atoms. The Labute approximate surface area is 126 Å². The molecule has 2 nitrogen and oxygen atoms in total. The molecule has 0 fully saturated rings. The average Bonchev–Trinajstić information content (AvgIpc) is 2.39. The van der Waals surface area contributed by atoms with E-state index in [0.29, 0.717) is 28.1 Å². The summed E-state index contributed by atoms with van der Waals surface area (Å²) in [7, 11) is 0. The third-order valence-electron chi connectivity index (χ3n) is 2.42. The molecule has 0 bridgehead atoms. The summed E-state index contributed by atoms with van der Waals surface area (Å²) in [6.45, 7) is 0.541. The summed E-state index contributed by atoms with van der Waals surface area (Å²) in [5.41, 5.74) is 6.56. The number of hydrogen-bond acceptors (Lipinski definition) is 3. The van der Waals surface area contributed by atoms with Gasteiger partial charge in [0.05, 0.1) is 16.7 Å². The summed E-state index contributed by atoms with van der Waals surface area (Å²) in [6.07, 6.45) is 0. The Balaban J connectivity index is 1.86. The number of para-hydroxylation sites is 1. The highest BCUT2D eigenvalue weighted by atomic mass is 35.5. The smallest absolute Gasteiger partial charge is 0.137 e. The van der Waals surface area contributed by atoms with Gasteiger partial charge in [-0.3, -0.25) is 0 Å². The molecule has 0 aliphatic rings. The zero-order valence-corrected chi connectivity index (χ0v) is 12.4. The standard InChI is InChI=1S/C14H13Cl2NOS/c15-10-4-1-2-7-13(10)18-8-9-19-14-11(16)5-3-6-12(14)17/h1-7H,8-9,17H2. The van der Waals surface area contributed by atoms with Crippen LogP contribution in [0.3, 0.4) is 0 Å². The van der Waals surface area contributed by atoms with E-state index < -0.39 is 0 Å². The minimum absolute atomic E-state index is 0.541. The molecule has 100 valence electrons. The Morgan fingerprint density at radius 2 is 1.74 bits per heavy atom. The van der Waals surface area contributed by atoms with Gasteiger partial charge in [0.1, 0.15) is 5.75 Å². The number of nitrogens with two attached hydrogens (primary N) is 1. The Kier molecular flexibility index (Phi) is 5.25. The average molecular weight is 314 g/mol. The molecule has 0 saturated carbocycles. The number of rotatable bonds is 5. The lowest BCUT2D eigenvalue weighted by atomic mass is 10.3. The normalized spacial score (nSPS) is 10.4. The Hall–Kier alpha value is -1.03. The minimum atomic E-state index is 0.541. The van der Waals surface area contributed by atoms with Crippen molar-refractivity contribution < 1.29 is 4.74 Å². The second-order valence-electron chi connectivity index (χ2n) is 3.79. The first-order valence-corrected chi connectivity index (χ1v) is 7.47. The van der Waals surface area contributed by atoms with Crippen molar-refractivity contribution >= 4 is 40.7 Å². The molecule has 5 heteroatoms. The molecular weight excluding hydrogens is 301 g/mol. The maximum absolute atomic E-state index is 6.09. The predicted octanol–water partition coefficient (Wildman–Crippen LogP) is 4.75. The fraction of sp³-hybridized carbons (Fsp3) is 0.143. The van der Waals surface area contributed by atoms with Crippen molar-refractivity contribution in [2.75, 3.05) is 18.1 Å². The van der Waals surface area contributed by atoms with Crippen LogP contribution in [0, 0.1) is 0 Å². The van der Waals surface area contributed by atoms with Gasteiger partial charge in [0.15, 0.2) is 0 Å². The van der Waals surface area contributed by atoms with Crippen LogP contribution in [0.4, 0.5) is 5.69 Å². The van der Waals surface area contributed by atoms with Crippen molar-refractivity contribution in [1.29, 1.82) is 0 Å². The number of hydrogen-bond donors (Lipinski definition) is 1. The van der Waals surface area contributed by atoms with E-state index in [0.717, 1.165) is 10.6 Å². The molecule has 0 atom stereocenters. The fourth-order valence-corrected chi connectivity index (χ4v) is 2.88. The molecule has 2 aromatic rings. The highest BCUT2D eigenvalue weighted by Crippen LogP contribution is 2.32. The van der Waals surface area contributed by atoms with Crippen LogP contribution >= 0.6 is 35.0 Å². The molecule has 2 aromatic carbocycles. The number of thioether (sulfide) groups is 1. The van der Waals surface area contributed by atoms with Crippen molar-refractivity contribution in [1.82, 2.24) is 0 Å². The second-order valence-corrected chi connectivity index (χ2v) is 5.71. The van der Waals surface area contributed by atoms with Crippen molar-refractivity contribution in [3.8, 4) is 5.75 Å². The quantitative estimate of drug-likeness (QED) is 0.491. The molecule has 0 heterocycles. The first-order chi connectivity index (χ1) is 9.18. The van der Waals surface area contributed by atoms with E-state index in [-0.39, 0.29) is 0 Å². The van der Waals surface area contributed by atoms with E-state index in [4.69, 9.17) is 33.7 Å². The summed E-state index contributed by atoms with van der Waals surface area (Å²) in [4.78, 5) is 0.895. The summed E-state index contributed by atoms with van der Waals surface area (Å²) >= 11 is 13.7. The van der Waals surface area contributed by atoms with E-state index in [1.54, 1.807) is 17.8 Å². The largest absolute Gasteiger partial charge is 0.491 e. The van der Waals surface area contributed by atoms with Crippen molar-refractivity contribution in [2.24, 2.45) is 0 Å². The van der Waals surface area contributed by atoms with Gasteiger partial charge < -0.3 is 10.5 Å². The molecule has 0 unspecified atom stereocenters. The van der Waals surface area contributed by atoms with E-state index in [2.05, 4.69) is 0 Å². The van der Waals surface area contributed by atoms with Gasteiger partial charge in [-0.1, -0.05) is 41.4 Å². The summed E-state index contributed by atoms with van der Waals surface area (Å²) in [6, 6.07) is 12.9. The van der Waals surface area contributed by atoms with Crippen LogP contribution in [0.15, 0.2) is 47.4 Å². The summed E-state index contributed by atoms with van der Waals surface area (Å²) < 4.78 is 5.60. The maximum atomic E-state index is 6.09. The topological polar surface area (TPSA) is 35.2 Å². The van der Waals surface area contributed by atoms with Gasteiger partial charge in [-0.25, -0.2) is 0 Å². The molecule has 2 N–H and O–H groups in total. The number of ether oxygens (including phenoxy) is 1. The third-order valence-corrected chi connectivity index (χ3v) is 4.28. The maximum Gasteiger partial charge on any atom is 0.137 e. The first kappa shape index (κ1) is 14.4. The van der Waals surface area contributed by atoms with Crippen LogP contribution in [0.2, 0.25) is 10.0 Å². The Morgan fingerprint density at radius 1 is 1.00 bits per heavy atom. The molecule has 0 saturated heterocycles. The predicted molar refractivity (Wildman–Crippen MR) is 83.5 cm³/mol. The van der Waals surface area contributed by atoms with Gasteiger partial charge in [-0.05, 0) is 24.3 Å². The lowest BCUT2D eigenvalue weighted by Gasteiger charge is -2.09. The highest BCUT2D eigenvalue weighted by Gasteiger charge is 2.05. The third kappa shape index (κ3) is 3.96. The van der Waals surface area contributed by atoms with Gasteiger partial charge in [-0.15, -0.1) is 11.8 Å². The van der Waals surface area contributed by atoms with Gasteiger partial charge in [0.2, 0.25) is 0 Å². The summed E-state index contributed by atoms with van der Waals surface area (Å²) in [5, 5.41) is 1.28. The molecule has 0 aliphatic carbocycles. The monoisotopic (exact) mass is 313 g/mol. The lowest BCUT2D eigenvalue weighted by Crippen LogP contribution is -2.01. The Bertz CT molecular complexity index is 543. The van der Waals surface area contributed by atoms with Gasteiger partial charge in [-0.2, -0.15) is 0 Å². The van der Waals surface area contributed by atoms with Gasteiger partial charge in [0, 0.05) is 16.3 Å². The molecular formula is C14H13Cl2NOS.